The summed E-state index contributed by atoms with van der Waals surface area (Å²) in [4.78, 5) is 34.7. The molecule has 1 aliphatic heterocycles. The number of nitrogens with zero attached hydrogens (tertiary/aromatic N) is 3. The van der Waals surface area contributed by atoms with Crippen LogP contribution in [-0.4, -0.2) is 53.9 Å². The number of nitrogens with one attached hydrogen (secondary N) is 2. The molecule has 1 aromatic carbocycles. The summed E-state index contributed by atoms with van der Waals surface area (Å²) in [7, 11) is 0. The van der Waals surface area contributed by atoms with Crippen molar-refractivity contribution in [2.45, 2.75) is 25.6 Å². The molecule has 0 unspecified atom stereocenters. The van der Waals surface area contributed by atoms with Crippen molar-refractivity contribution < 1.29 is 14.0 Å². The molecule has 1 fully saturated rings. The molecule has 1 aliphatic rings. The molecule has 9 heteroatoms. The van der Waals surface area contributed by atoms with E-state index in [1.165, 1.54) is 12.1 Å². The molecule has 3 aromatic rings. The smallest absolute Gasteiger partial charge is 0.309 e. The molecule has 0 radical (unpaired) electrons. The highest BCUT2D eigenvalue weighted by atomic mass is 32.1. The van der Waals surface area contributed by atoms with Crippen LogP contribution in [0, 0.1) is 5.82 Å². The van der Waals surface area contributed by atoms with Gasteiger partial charge in [-0.2, -0.15) is 0 Å². The Morgan fingerprint density at radius 1 is 1.06 bits per heavy atom. The highest BCUT2D eigenvalue weighted by molar-refractivity contribution is 7.10. The normalized spacial score (nSPS) is 16.0. The van der Waals surface area contributed by atoms with E-state index in [0.29, 0.717) is 0 Å². The van der Waals surface area contributed by atoms with Crippen LogP contribution in [-0.2, 0) is 16.1 Å². The maximum Gasteiger partial charge on any atom is 0.309 e. The number of hydrogen-bond donors (Lipinski definition) is 2. The van der Waals surface area contributed by atoms with Crippen molar-refractivity contribution in [1.82, 2.24) is 20.5 Å². The maximum atomic E-state index is 13.3. The summed E-state index contributed by atoms with van der Waals surface area (Å²) in [5, 5.41) is 7.56. The lowest BCUT2D eigenvalue weighted by Crippen LogP contribution is -2.53. The van der Waals surface area contributed by atoms with E-state index in [4.69, 9.17) is 0 Å². The highest BCUT2D eigenvalue weighted by Crippen LogP contribution is 2.30. The van der Waals surface area contributed by atoms with Gasteiger partial charge in [-0.15, -0.1) is 11.3 Å². The van der Waals surface area contributed by atoms with Crippen molar-refractivity contribution in [3.8, 4) is 0 Å². The molecule has 0 aliphatic carbocycles. The van der Waals surface area contributed by atoms with E-state index in [1.807, 2.05) is 24.4 Å². The number of carbonyl (C=O) groups excluding carboxylic acids is 2. The predicted molar refractivity (Wildman–Crippen MR) is 131 cm³/mol. The Labute approximate surface area is 202 Å². The van der Waals surface area contributed by atoms with Crippen LogP contribution < -0.4 is 15.5 Å². The van der Waals surface area contributed by atoms with Gasteiger partial charge in [-0.3, -0.25) is 19.5 Å². The first-order chi connectivity index (χ1) is 16.5. The molecule has 1 saturated heterocycles. The van der Waals surface area contributed by atoms with E-state index in [0.717, 1.165) is 42.3 Å². The monoisotopic (exact) mass is 481 g/mol. The van der Waals surface area contributed by atoms with Gasteiger partial charge in [-0.1, -0.05) is 12.1 Å². The standard InChI is InChI=1S/C25H28FN5O2S/c1-18(29-25(33)24(32)28-17-19-4-2-10-27-16-19)23(22-5-3-15-34-22)31-13-11-30(12-14-31)21-8-6-20(26)7-9-21/h2-10,15-16,18,23H,11-14,17H2,1H3,(H,28,32)(H,29,33)/t18-,23+/m1/s1. The average Bonchev–Trinajstić information content (AvgIpc) is 3.38. The second-order valence-electron chi connectivity index (χ2n) is 8.27. The molecule has 2 aromatic heterocycles. The van der Waals surface area contributed by atoms with Gasteiger partial charge in [0.15, 0.2) is 0 Å². The number of aromatic nitrogens is 1. The van der Waals surface area contributed by atoms with Gasteiger partial charge in [0.2, 0.25) is 0 Å². The minimum atomic E-state index is -0.665. The summed E-state index contributed by atoms with van der Waals surface area (Å²) >= 11 is 1.64. The molecule has 0 spiro atoms. The molecule has 4 rings (SSSR count). The first-order valence-electron chi connectivity index (χ1n) is 11.3. The van der Waals surface area contributed by atoms with Crippen LogP contribution in [0.25, 0.3) is 0 Å². The zero-order chi connectivity index (χ0) is 23.9. The molecule has 178 valence electrons. The minimum absolute atomic E-state index is 0.0505. The van der Waals surface area contributed by atoms with Gasteiger partial charge in [-0.05, 0) is 54.3 Å². The van der Waals surface area contributed by atoms with Crippen molar-refractivity contribution >= 4 is 28.8 Å². The van der Waals surface area contributed by atoms with E-state index in [2.05, 4.69) is 31.5 Å². The van der Waals surface area contributed by atoms with Crippen molar-refractivity contribution in [2.24, 2.45) is 0 Å². The van der Waals surface area contributed by atoms with Gasteiger partial charge in [0, 0.05) is 61.7 Å². The quantitative estimate of drug-likeness (QED) is 0.508. The van der Waals surface area contributed by atoms with Gasteiger partial charge in [0.1, 0.15) is 5.82 Å². The van der Waals surface area contributed by atoms with E-state index >= 15 is 0 Å². The third kappa shape index (κ3) is 5.98. The van der Waals surface area contributed by atoms with Crippen LogP contribution in [0.15, 0.2) is 66.3 Å². The fourth-order valence-corrected chi connectivity index (χ4v) is 5.19. The zero-order valence-corrected chi connectivity index (χ0v) is 19.8. The van der Waals surface area contributed by atoms with Crippen LogP contribution in [0.2, 0.25) is 0 Å². The largest absolute Gasteiger partial charge is 0.369 e. The molecular formula is C25H28FN5O2S. The number of anilines is 1. The van der Waals surface area contributed by atoms with Crippen LogP contribution in [0.4, 0.5) is 10.1 Å². The number of rotatable bonds is 7. The fourth-order valence-electron chi connectivity index (χ4n) is 4.23. The summed E-state index contributed by atoms with van der Waals surface area (Å²) in [5.74, 6) is -1.56. The highest BCUT2D eigenvalue weighted by Gasteiger charge is 2.32. The summed E-state index contributed by atoms with van der Waals surface area (Å²) in [6, 6.07) is 13.9. The van der Waals surface area contributed by atoms with Crippen LogP contribution in [0.3, 0.4) is 0 Å². The summed E-state index contributed by atoms with van der Waals surface area (Å²) in [6.07, 6.45) is 3.31. The molecule has 3 heterocycles. The first-order valence-corrected chi connectivity index (χ1v) is 12.1. The van der Waals surface area contributed by atoms with Crippen molar-refractivity contribution in [3.05, 3.63) is 82.6 Å². The van der Waals surface area contributed by atoms with Crippen LogP contribution in [0.1, 0.15) is 23.4 Å². The van der Waals surface area contributed by atoms with Crippen molar-refractivity contribution in [1.29, 1.82) is 0 Å². The van der Waals surface area contributed by atoms with Gasteiger partial charge in [0.05, 0.1) is 6.04 Å². The fraction of sp³-hybridized carbons (Fsp3) is 0.320. The number of piperazine rings is 1. The Kier molecular flexibility index (Phi) is 7.87. The second-order valence-corrected chi connectivity index (χ2v) is 9.25. The topological polar surface area (TPSA) is 77.6 Å². The summed E-state index contributed by atoms with van der Waals surface area (Å²) < 4.78 is 13.3. The lowest BCUT2D eigenvalue weighted by Gasteiger charge is -2.42. The second kappa shape index (κ2) is 11.2. The van der Waals surface area contributed by atoms with Gasteiger partial charge in [-0.25, -0.2) is 4.39 Å². The molecule has 0 bridgehead atoms. The first kappa shape index (κ1) is 23.8. The van der Waals surface area contributed by atoms with Gasteiger partial charge in [0.25, 0.3) is 0 Å². The number of hydrogen-bond acceptors (Lipinski definition) is 6. The maximum absolute atomic E-state index is 13.3. The zero-order valence-electron chi connectivity index (χ0n) is 19.0. The summed E-state index contributed by atoms with van der Waals surface area (Å²) in [5.41, 5.74) is 1.83. The average molecular weight is 482 g/mol. The molecule has 2 N–H and O–H groups in total. The number of thiophene rings is 1. The third-order valence-electron chi connectivity index (χ3n) is 5.95. The lowest BCUT2D eigenvalue weighted by atomic mass is 10.0. The van der Waals surface area contributed by atoms with E-state index in [1.54, 1.807) is 41.9 Å². The number of halogens is 1. The number of amides is 2. The molecule has 34 heavy (non-hydrogen) atoms. The van der Waals surface area contributed by atoms with E-state index in [9.17, 15) is 14.0 Å². The van der Waals surface area contributed by atoms with Crippen molar-refractivity contribution in [2.75, 3.05) is 31.1 Å². The summed E-state index contributed by atoms with van der Waals surface area (Å²) in [6.45, 7) is 5.33. The molecule has 2 atom stereocenters. The third-order valence-corrected chi connectivity index (χ3v) is 6.89. The van der Waals surface area contributed by atoms with E-state index in [-0.39, 0.29) is 24.4 Å². The Morgan fingerprint density at radius 3 is 2.47 bits per heavy atom. The molecule has 7 nitrogen and oxygen atoms in total. The Balaban J connectivity index is 1.37. The number of pyridine rings is 1. The van der Waals surface area contributed by atoms with E-state index < -0.39 is 11.8 Å². The lowest BCUT2D eigenvalue weighted by molar-refractivity contribution is -0.140. The van der Waals surface area contributed by atoms with Gasteiger partial charge >= 0.3 is 11.8 Å². The Morgan fingerprint density at radius 2 is 1.82 bits per heavy atom. The number of carbonyl (C=O) groups is 2. The SMILES string of the molecule is C[C@@H](NC(=O)C(=O)NCc1cccnc1)[C@@H](c1cccs1)N1CCN(c2ccc(F)cc2)CC1. The van der Waals surface area contributed by atoms with Crippen molar-refractivity contribution in [3.63, 3.8) is 0 Å². The Hall–Kier alpha value is -3.30. The van der Waals surface area contributed by atoms with Crippen LogP contribution >= 0.6 is 11.3 Å². The predicted octanol–water partition coefficient (Wildman–Crippen LogP) is 2.97. The molecule has 2 amide bonds. The molecular weight excluding hydrogens is 453 g/mol. The molecule has 0 saturated carbocycles. The minimum Gasteiger partial charge on any atom is -0.369 e. The number of benzene rings is 1. The van der Waals surface area contributed by atoms with Gasteiger partial charge < -0.3 is 15.5 Å². The van der Waals surface area contributed by atoms with Crippen LogP contribution in [0.5, 0.6) is 0 Å². The Bertz CT molecular complexity index is 1070.